The first-order valence-electron chi connectivity index (χ1n) is 7.85. The normalized spacial score (nSPS) is 10.3. The zero-order valence-corrected chi connectivity index (χ0v) is 14.2. The average molecular weight is 344 g/mol. The van der Waals surface area contributed by atoms with Crippen LogP contribution < -0.4 is 10.1 Å². The van der Waals surface area contributed by atoms with Crippen molar-refractivity contribution in [3.63, 3.8) is 0 Å². The van der Waals surface area contributed by atoms with Crippen LogP contribution in [0.2, 0.25) is 0 Å². The molecule has 0 saturated carbocycles. The number of nitro benzene ring substituents is 1. The molecule has 0 aromatic heterocycles. The third-order valence-corrected chi connectivity index (χ3v) is 3.46. The second kappa shape index (κ2) is 8.79. The summed E-state index contributed by atoms with van der Waals surface area (Å²) in [6.45, 7) is 2.97. The molecule has 0 unspecified atom stereocenters. The molecule has 0 heterocycles. The Balaban J connectivity index is 2.17. The van der Waals surface area contributed by atoms with Crippen molar-refractivity contribution in [2.75, 3.05) is 19.0 Å². The molecule has 0 saturated heterocycles. The predicted molar refractivity (Wildman–Crippen MR) is 94.0 cm³/mol. The third-order valence-electron chi connectivity index (χ3n) is 3.46. The number of nitrogens with zero attached hydrogens (tertiary/aromatic N) is 1. The van der Waals surface area contributed by atoms with Crippen molar-refractivity contribution in [2.45, 2.75) is 20.0 Å². The molecule has 0 spiro atoms. The summed E-state index contributed by atoms with van der Waals surface area (Å²) in [6.07, 6.45) is 0.898. The largest absolute Gasteiger partial charge is 0.496 e. The van der Waals surface area contributed by atoms with Gasteiger partial charge in [-0.1, -0.05) is 13.0 Å². The maximum absolute atomic E-state index is 12.4. The quantitative estimate of drug-likeness (QED) is 0.447. The molecule has 0 aliphatic rings. The average Bonchev–Trinajstić information content (AvgIpc) is 2.62. The standard InChI is InChI=1S/C18H20N2O5/c1-3-9-25-12-14-10-13(7-8-17(14)24-2)18(21)19-15-5-4-6-16(11-15)20(22)23/h4-8,10-11H,3,9,12H2,1-2H3,(H,19,21). The van der Waals surface area contributed by atoms with E-state index >= 15 is 0 Å². The summed E-state index contributed by atoms with van der Waals surface area (Å²) in [5, 5.41) is 13.5. The summed E-state index contributed by atoms with van der Waals surface area (Å²) in [4.78, 5) is 22.7. The van der Waals surface area contributed by atoms with Gasteiger partial charge in [0.2, 0.25) is 0 Å². The first-order chi connectivity index (χ1) is 12.0. The van der Waals surface area contributed by atoms with E-state index in [9.17, 15) is 14.9 Å². The number of non-ortho nitro benzene ring substituents is 1. The number of benzene rings is 2. The van der Waals surface area contributed by atoms with Gasteiger partial charge >= 0.3 is 0 Å². The van der Waals surface area contributed by atoms with Crippen LogP contribution in [0.3, 0.4) is 0 Å². The molecule has 0 atom stereocenters. The molecule has 2 rings (SSSR count). The molecule has 7 nitrogen and oxygen atoms in total. The Morgan fingerprint density at radius 3 is 2.72 bits per heavy atom. The van der Waals surface area contributed by atoms with Gasteiger partial charge in [0.1, 0.15) is 5.75 Å². The summed E-state index contributed by atoms with van der Waals surface area (Å²) in [5.74, 6) is 0.280. The van der Waals surface area contributed by atoms with E-state index in [0.717, 1.165) is 12.0 Å². The molecule has 0 aliphatic heterocycles. The van der Waals surface area contributed by atoms with Crippen molar-refractivity contribution >= 4 is 17.3 Å². The van der Waals surface area contributed by atoms with Crippen LogP contribution in [0.15, 0.2) is 42.5 Å². The Labute approximate surface area is 145 Å². The predicted octanol–water partition coefficient (Wildman–Crippen LogP) is 3.78. The molecule has 2 aromatic carbocycles. The first-order valence-corrected chi connectivity index (χ1v) is 7.85. The van der Waals surface area contributed by atoms with Crippen LogP contribution in [0, 0.1) is 10.1 Å². The van der Waals surface area contributed by atoms with Crippen molar-refractivity contribution in [2.24, 2.45) is 0 Å². The Bertz CT molecular complexity index is 761. The molecule has 0 bridgehead atoms. The van der Waals surface area contributed by atoms with Crippen LogP contribution in [0.25, 0.3) is 0 Å². The summed E-state index contributed by atoms with van der Waals surface area (Å²) in [5.41, 5.74) is 1.46. The lowest BCUT2D eigenvalue weighted by Crippen LogP contribution is -2.12. The minimum atomic E-state index is -0.508. The number of ether oxygens (including phenoxy) is 2. The molecule has 1 amide bonds. The van der Waals surface area contributed by atoms with E-state index in [-0.39, 0.29) is 11.6 Å². The summed E-state index contributed by atoms with van der Waals surface area (Å²) >= 11 is 0. The van der Waals surface area contributed by atoms with Crippen LogP contribution in [0.4, 0.5) is 11.4 Å². The number of hydrogen-bond acceptors (Lipinski definition) is 5. The highest BCUT2D eigenvalue weighted by atomic mass is 16.6. The number of nitrogens with one attached hydrogen (secondary N) is 1. The highest BCUT2D eigenvalue weighted by Crippen LogP contribution is 2.22. The highest BCUT2D eigenvalue weighted by Gasteiger charge is 2.12. The number of carbonyl (C=O) groups is 1. The van der Waals surface area contributed by atoms with Gasteiger partial charge in [-0.2, -0.15) is 0 Å². The number of nitro groups is 1. The van der Waals surface area contributed by atoms with Gasteiger partial charge in [-0.3, -0.25) is 14.9 Å². The lowest BCUT2D eigenvalue weighted by molar-refractivity contribution is -0.384. The van der Waals surface area contributed by atoms with Gasteiger partial charge in [0.25, 0.3) is 11.6 Å². The molecule has 0 aliphatic carbocycles. The van der Waals surface area contributed by atoms with Crippen molar-refractivity contribution < 1.29 is 19.2 Å². The smallest absolute Gasteiger partial charge is 0.271 e. The van der Waals surface area contributed by atoms with E-state index < -0.39 is 4.92 Å². The van der Waals surface area contributed by atoms with E-state index in [1.807, 2.05) is 6.92 Å². The minimum absolute atomic E-state index is 0.0822. The Morgan fingerprint density at radius 2 is 2.04 bits per heavy atom. The fourth-order valence-electron chi connectivity index (χ4n) is 2.26. The second-order valence-electron chi connectivity index (χ2n) is 5.34. The van der Waals surface area contributed by atoms with Crippen LogP contribution in [0.5, 0.6) is 5.75 Å². The molecular weight excluding hydrogens is 324 g/mol. The molecular formula is C18H20N2O5. The first kappa shape index (κ1) is 18.4. The Kier molecular flexibility index (Phi) is 6.47. The van der Waals surface area contributed by atoms with Crippen LogP contribution in [0.1, 0.15) is 29.3 Å². The third kappa shape index (κ3) is 5.02. The molecule has 132 valence electrons. The molecule has 1 N–H and O–H groups in total. The fraction of sp³-hybridized carbons (Fsp3) is 0.278. The van der Waals surface area contributed by atoms with Gasteiger partial charge in [-0.05, 0) is 30.7 Å². The van der Waals surface area contributed by atoms with Crippen molar-refractivity contribution in [3.8, 4) is 5.75 Å². The van der Waals surface area contributed by atoms with Crippen molar-refractivity contribution in [1.29, 1.82) is 0 Å². The SMILES string of the molecule is CCCOCc1cc(C(=O)Nc2cccc([N+](=O)[O-])c2)ccc1OC. The molecule has 0 radical (unpaired) electrons. The molecule has 0 fully saturated rings. The van der Waals surface area contributed by atoms with Crippen LogP contribution in [-0.4, -0.2) is 24.5 Å². The van der Waals surface area contributed by atoms with E-state index in [4.69, 9.17) is 9.47 Å². The molecule has 25 heavy (non-hydrogen) atoms. The monoisotopic (exact) mass is 344 g/mol. The number of carbonyl (C=O) groups excluding carboxylic acids is 1. The Hall–Kier alpha value is -2.93. The highest BCUT2D eigenvalue weighted by molar-refractivity contribution is 6.04. The van der Waals surface area contributed by atoms with E-state index in [0.29, 0.717) is 30.2 Å². The topological polar surface area (TPSA) is 90.7 Å². The zero-order chi connectivity index (χ0) is 18.2. The van der Waals surface area contributed by atoms with E-state index in [2.05, 4.69) is 5.32 Å². The lowest BCUT2D eigenvalue weighted by atomic mass is 10.1. The fourth-order valence-corrected chi connectivity index (χ4v) is 2.26. The number of hydrogen-bond donors (Lipinski definition) is 1. The second-order valence-corrected chi connectivity index (χ2v) is 5.34. The van der Waals surface area contributed by atoms with Gasteiger partial charge in [0, 0.05) is 35.6 Å². The summed E-state index contributed by atoms with van der Waals surface area (Å²) in [7, 11) is 1.56. The Morgan fingerprint density at radius 1 is 1.24 bits per heavy atom. The maximum atomic E-state index is 12.4. The van der Waals surface area contributed by atoms with Gasteiger partial charge in [0.05, 0.1) is 18.6 Å². The van der Waals surface area contributed by atoms with Gasteiger partial charge < -0.3 is 14.8 Å². The van der Waals surface area contributed by atoms with Crippen molar-refractivity contribution in [3.05, 3.63) is 63.7 Å². The number of amides is 1. The van der Waals surface area contributed by atoms with Crippen LogP contribution in [-0.2, 0) is 11.3 Å². The van der Waals surface area contributed by atoms with E-state index in [1.165, 1.54) is 18.2 Å². The van der Waals surface area contributed by atoms with Crippen molar-refractivity contribution in [1.82, 2.24) is 0 Å². The summed E-state index contributed by atoms with van der Waals surface area (Å²) in [6, 6.07) is 10.8. The summed E-state index contributed by atoms with van der Waals surface area (Å²) < 4.78 is 10.8. The van der Waals surface area contributed by atoms with Crippen LogP contribution >= 0.6 is 0 Å². The van der Waals surface area contributed by atoms with Gasteiger partial charge in [0.15, 0.2) is 0 Å². The minimum Gasteiger partial charge on any atom is -0.496 e. The van der Waals surface area contributed by atoms with Gasteiger partial charge in [-0.15, -0.1) is 0 Å². The lowest BCUT2D eigenvalue weighted by Gasteiger charge is -2.11. The molecule has 7 heteroatoms. The van der Waals surface area contributed by atoms with Gasteiger partial charge in [-0.25, -0.2) is 0 Å². The zero-order valence-electron chi connectivity index (χ0n) is 14.2. The number of rotatable bonds is 8. The molecule has 2 aromatic rings. The number of anilines is 1. The van der Waals surface area contributed by atoms with E-state index in [1.54, 1.807) is 31.4 Å². The maximum Gasteiger partial charge on any atom is 0.271 e. The number of methoxy groups -OCH3 is 1.